The second-order valence-corrected chi connectivity index (χ2v) is 5.26. The van der Waals surface area contributed by atoms with Crippen molar-refractivity contribution in [2.75, 3.05) is 0 Å². The Balaban J connectivity index is 0.00000208. The minimum absolute atomic E-state index is 0. The first-order valence-electron chi connectivity index (χ1n) is 7.15. The summed E-state index contributed by atoms with van der Waals surface area (Å²) < 4.78 is 0. The smallest absolute Gasteiger partial charge is 1.00 e. The van der Waals surface area contributed by atoms with Crippen LogP contribution >= 0.6 is 11.6 Å². The number of aliphatic imine (C=N–C) groups is 2. The minimum Gasteiger partial charge on any atom is -1.00 e. The third kappa shape index (κ3) is 7.68. The maximum atomic E-state index is 6.15. The predicted molar refractivity (Wildman–Crippen MR) is 96.6 cm³/mol. The van der Waals surface area contributed by atoms with Gasteiger partial charge in [0.25, 0.3) is 0 Å². The molecule has 0 aliphatic heterocycles. The van der Waals surface area contributed by atoms with Gasteiger partial charge in [0.2, 0.25) is 0 Å². The molecule has 26 heavy (non-hydrogen) atoms. The van der Waals surface area contributed by atoms with Crippen LogP contribution in [0.3, 0.4) is 0 Å². The van der Waals surface area contributed by atoms with Gasteiger partial charge in [0.15, 0.2) is 0 Å². The van der Waals surface area contributed by atoms with Crippen LogP contribution in [0.2, 0.25) is 5.02 Å². The summed E-state index contributed by atoms with van der Waals surface area (Å²) in [5.41, 5.74) is 3.12. The van der Waals surface area contributed by atoms with Crippen molar-refractivity contribution in [2.45, 2.75) is 0 Å². The first-order valence-corrected chi connectivity index (χ1v) is 7.53. The van der Waals surface area contributed by atoms with Gasteiger partial charge < -0.3 is 24.8 Å². The van der Waals surface area contributed by atoms with Crippen molar-refractivity contribution in [1.29, 1.82) is 0 Å². The van der Waals surface area contributed by atoms with Gasteiger partial charge in [-0.2, -0.15) is 0 Å². The van der Waals surface area contributed by atoms with Crippen LogP contribution in [-0.2, 0) is 16.8 Å². The van der Waals surface area contributed by atoms with Crippen LogP contribution in [0.4, 0.5) is 11.4 Å². The Bertz CT molecular complexity index is 773. The Morgan fingerprint density at radius 2 is 1.08 bits per heavy atom. The van der Waals surface area contributed by atoms with Gasteiger partial charge in [-0.15, -0.1) is 0 Å². The second kappa shape index (κ2) is 12.6. The molecule has 135 valence electrons. The van der Waals surface area contributed by atoms with Crippen LogP contribution in [0, 0.1) is 0 Å². The summed E-state index contributed by atoms with van der Waals surface area (Å²) in [6.07, 6.45) is 3.39. The number of pyridine rings is 1. The Kier molecular flexibility index (Phi) is 11.8. The van der Waals surface area contributed by atoms with Crippen LogP contribution in [0.5, 0.6) is 0 Å². The summed E-state index contributed by atoms with van der Waals surface area (Å²) in [4.78, 5) is 13.3. The number of benzene rings is 2. The van der Waals surface area contributed by atoms with Crippen molar-refractivity contribution in [1.82, 2.24) is 4.98 Å². The molecule has 0 bridgehead atoms. The van der Waals surface area contributed by atoms with Crippen LogP contribution in [-0.4, -0.2) is 17.4 Å². The predicted octanol–water partition coefficient (Wildman–Crippen LogP) is -0.758. The van der Waals surface area contributed by atoms with Gasteiger partial charge in [-0.1, -0.05) is 48.0 Å². The van der Waals surface area contributed by atoms with Crippen LogP contribution < -0.4 is 24.8 Å². The minimum atomic E-state index is 0. The largest absolute Gasteiger partial charge is 2.00 e. The molecule has 3 rings (SSSR count). The maximum absolute atomic E-state index is 6.15. The monoisotopic (exact) mass is 448 g/mol. The summed E-state index contributed by atoms with van der Waals surface area (Å²) in [5.74, 6) is 0. The summed E-state index contributed by atoms with van der Waals surface area (Å²) >= 11 is 6.15. The molecule has 0 amide bonds. The van der Waals surface area contributed by atoms with Crippen LogP contribution in [0.15, 0.2) is 82.8 Å². The van der Waals surface area contributed by atoms with Gasteiger partial charge in [-0.25, -0.2) is 4.98 Å². The van der Waals surface area contributed by atoms with E-state index in [1.165, 1.54) is 0 Å². The van der Waals surface area contributed by atoms with Gasteiger partial charge >= 0.3 is 16.8 Å². The molecule has 2 aromatic carbocycles. The van der Waals surface area contributed by atoms with Crippen molar-refractivity contribution >= 4 is 35.4 Å². The van der Waals surface area contributed by atoms with E-state index < -0.39 is 0 Å². The molecule has 3 nitrogen and oxygen atoms in total. The topological polar surface area (TPSA) is 37.6 Å². The maximum Gasteiger partial charge on any atom is 2.00 e. The molecule has 1 aromatic heterocycles. The van der Waals surface area contributed by atoms with Crippen molar-refractivity contribution < 1.29 is 41.6 Å². The third-order valence-corrected chi connectivity index (χ3v) is 3.25. The SMILES string of the molecule is Clc1cc(C=Nc2ccccc2)nc(C=Nc2ccccc2)c1.[Cl-].[Cl-].[Co+2]. The summed E-state index contributed by atoms with van der Waals surface area (Å²) in [7, 11) is 0. The molecule has 1 radical (unpaired) electrons. The summed E-state index contributed by atoms with van der Waals surface area (Å²) in [6.45, 7) is 0. The Morgan fingerprint density at radius 3 is 1.46 bits per heavy atom. The van der Waals surface area contributed by atoms with Gasteiger partial charge in [0.1, 0.15) is 0 Å². The molecule has 0 atom stereocenters. The molecule has 0 unspecified atom stereocenters. The third-order valence-electron chi connectivity index (χ3n) is 3.03. The zero-order valence-electron chi connectivity index (χ0n) is 13.4. The van der Waals surface area contributed by atoms with E-state index in [0.29, 0.717) is 16.4 Å². The zero-order valence-corrected chi connectivity index (χ0v) is 16.7. The van der Waals surface area contributed by atoms with E-state index in [0.717, 1.165) is 11.4 Å². The number of halogens is 3. The van der Waals surface area contributed by atoms with Gasteiger partial charge in [0, 0.05) is 5.02 Å². The molecular weight excluding hydrogens is 436 g/mol. The van der Waals surface area contributed by atoms with Gasteiger partial charge in [-0.3, -0.25) is 9.98 Å². The molecule has 0 fully saturated rings. The standard InChI is InChI=1S/C19H14ClN3.2ClH.Co/c20-15-11-18(13-21-16-7-3-1-4-8-16)23-19(12-15)14-22-17-9-5-2-6-10-17;;;/h1-14H;2*1H;/q;;;+2/p-2. The summed E-state index contributed by atoms with van der Waals surface area (Å²) in [6, 6.07) is 22.9. The van der Waals surface area contributed by atoms with E-state index >= 15 is 0 Å². The molecule has 0 saturated heterocycles. The molecule has 1 heterocycles. The Morgan fingerprint density at radius 1 is 0.692 bits per heavy atom. The molecule has 0 saturated carbocycles. The van der Waals surface area contributed by atoms with E-state index in [2.05, 4.69) is 15.0 Å². The van der Waals surface area contributed by atoms with E-state index in [1.54, 1.807) is 24.6 Å². The Hall–Kier alpha value is -1.69. The van der Waals surface area contributed by atoms with Gasteiger partial charge in [0.05, 0.1) is 35.2 Å². The van der Waals surface area contributed by atoms with Gasteiger partial charge in [-0.05, 0) is 36.4 Å². The fraction of sp³-hybridized carbons (Fsp3) is 0. The molecule has 7 heteroatoms. The molecule has 3 aromatic rings. The van der Waals surface area contributed by atoms with Crippen LogP contribution in [0.1, 0.15) is 11.4 Å². The van der Waals surface area contributed by atoms with Crippen molar-refractivity contribution in [3.05, 3.63) is 89.2 Å². The fourth-order valence-electron chi connectivity index (χ4n) is 1.98. The molecule has 0 aliphatic carbocycles. The average Bonchev–Trinajstić information content (AvgIpc) is 2.60. The quantitative estimate of drug-likeness (QED) is 0.483. The van der Waals surface area contributed by atoms with E-state index in [9.17, 15) is 0 Å². The average molecular weight is 450 g/mol. The van der Waals surface area contributed by atoms with E-state index in [-0.39, 0.29) is 41.6 Å². The fourth-order valence-corrected chi connectivity index (χ4v) is 2.20. The molecule has 0 aliphatic rings. The Labute approximate surface area is 180 Å². The number of rotatable bonds is 4. The zero-order chi connectivity index (χ0) is 15.9. The van der Waals surface area contributed by atoms with Crippen molar-refractivity contribution in [3.8, 4) is 0 Å². The molecule has 0 N–H and O–H groups in total. The number of hydrogen-bond acceptors (Lipinski definition) is 3. The second-order valence-electron chi connectivity index (χ2n) is 4.82. The van der Waals surface area contributed by atoms with E-state index in [4.69, 9.17) is 11.6 Å². The molecular formula is C19H14Cl3CoN3. The number of nitrogens with zero attached hydrogens (tertiary/aromatic N) is 3. The first-order chi connectivity index (χ1) is 11.3. The van der Waals surface area contributed by atoms with E-state index in [1.807, 2.05) is 60.7 Å². The first kappa shape index (κ1) is 24.3. The number of hydrogen-bond donors (Lipinski definition) is 0. The van der Waals surface area contributed by atoms with Crippen LogP contribution in [0.25, 0.3) is 0 Å². The molecule has 0 spiro atoms. The number of para-hydroxylation sites is 2. The van der Waals surface area contributed by atoms with Crippen molar-refractivity contribution in [2.24, 2.45) is 9.98 Å². The summed E-state index contributed by atoms with van der Waals surface area (Å²) in [5, 5.41) is 0.601. The van der Waals surface area contributed by atoms with Crippen molar-refractivity contribution in [3.63, 3.8) is 0 Å². The normalized spacial score (nSPS) is 10.0. The number of aromatic nitrogens is 1.